The number of amides is 2. The Balaban J connectivity index is 1.17. The SMILES string of the molecule is COC1CCC(C#N)CC1C1CC(C)NCC1C(=O)NC1NC2CN(C(=O)C3CC(C(F)F)CCC3Cl)CC2S1. The molecule has 5 aliphatic rings. The summed E-state index contributed by atoms with van der Waals surface area (Å²) in [6.07, 6.45) is 1.90. The summed E-state index contributed by atoms with van der Waals surface area (Å²) in [4.78, 5) is 28.6. The zero-order chi connectivity index (χ0) is 28.6. The van der Waals surface area contributed by atoms with Gasteiger partial charge in [0.15, 0.2) is 0 Å². The van der Waals surface area contributed by atoms with Gasteiger partial charge in [-0.25, -0.2) is 8.78 Å². The number of alkyl halides is 3. The van der Waals surface area contributed by atoms with Crippen LogP contribution in [0.25, 0.3) is 0 Å². The number of piperidine rings is 1. The largest absolute Gasteiger partial charge is 0.381 e. The van der Waals surface area contributed by atoms with Crippen molar-refractivity contribution in [2.45, 2.75) is 92.6 Å². The maximum Gasteiger partial charge on any atom is 0.241 e. The fourth-order valence-electron chi connectivity index (χ4n) is 7.79. The molecular weight excluding hydrogens is 560 g/mol. The second kappa shape index (κ2) is 13.0. The van der Waals surface area contributed by atoms with Crippen LogP contribution in [0.4, 0.5) is 8.78 Å². The number of methoxy groups -OCH3 is 1. The number of halogens is 3. The second-order valence-electron chi connectivity index (χ2n) is 12.5. The van der Waals surface area contributed by atoms with Gasteiger partial charge in [0.2, 0.25) is 18.2 Å². The molecule has 2 aliphatic carbocycles. The van der Waals surface area contributed by atoms with E-state index in [2.05, 4.69) is 28.9 Å². The Morgan fingerprint density at radius 2 is 1.93 bits per heavy atom. The Kier molecular flexibility index (Phi) is 9.83. The molecule has 5 rings (SSSR count). The number of carbonyl (C=O) groups excluding carboxylic acids is 2. The van der Waals surface area contributed by atoms with Gasteiger partial charge in [-0.1, -0.05) is 0 Å². The van der Waals surface area contributed by atoms with E-state index >= 15 is 0 Å². The minimum absolute atomic E-state index is 0.00136. The molecule has 5 fully saturated rings. The number of nitriles is 1. The molecule has 40 heavy (non-hydrogen) atoms. The molecule has 0 spiro atoms. The molecular formula is C28H42ClF2N5O3S. The van der Waals surface area contributed by atoms with E-state index in [1.807, 2.05) is 0 Å². The standard InChI is InChI=1S/C28H42ClF2N5O3S/c1-14-7-17(18-8-15(10-32)3-6-23(18)39-2)20(11-33-14)26(37)35-28-34-22-12-36(13-24(22)40-28)27(38)19-9-16(25(30)31)4-5-21(19)29/h14-25,28,33-34H,3-9,11-13H2,1-2H3,(H,35,37). The predicted molar refractivity (Wildman–Crippen MR) is 150 cm³/mol. The lowest BCUT2D eigenvalue weighted by Crippen LogP contribution is -2.55. The zero-order valence-corrected chi connectivity index (χ0v) is 24.8. The van der Waals surface area contributed by atoms with E-state index in [9.17, 15) is 23.6 Å². The summed E-state index contributed by atoms with van der Waals surface area (Å²) in [7, 11) is 1.73. The molecule has 0 aromatic carbocycles. The molecule has 0 aromatic heterocycles. The lowest BCUT2D eigenvalue weighted by Gasteiger charge is -2.44. The number of nitrogens with zero attached hydrogens (tertiary/aromatic N) is 2. The quantitative estimate of drug-likeness (QED) is 0.402. The molecule has 3 heterocycles. The Bertz CT molecular complexity index is 961. The molecule has 224 valence electrons. The highest BCUT2D eigenvalue weighted by molar-refractivity contribution is 8.00. The van der Waals surface area contributed by atoms with Gasteiger partial charge in [0.25, 0.3) is 0 Å². The van der Waals surface area contributed by atoms with Gasteiger partial charge in [-0.05, 0) is 63.7 Å². The summed E-state index contributed by atoms with van der Waals surface area (Å²) in [5.74, 6) is -1.36. The highest BCUT2D eigenvalue weighted by Crippen LogP contribution is 2.43. The average Bonchev–Trinajstić information content (AvgIpc) is 3.51. The number of ether oxygens (including phenoxy) is 1. The Hall–Kier alpha value is -1.19. The molecule has 12 unspecified atom stereocenters. The zero-order valence-electron chi connectivity index (χ0n) is 23.2. The highest BCUT2D eigenvalue weighted by Gasteiger charge is 2.48. The van der Waals surface area contributed by atoms with Gasteiger partial charge in [0.05, 0.1) is 24.0 Å². The lowest BCUT2D eigenvalue weighted by atomic mass is 9.66. The number of hydrogen-bond donors (Lipinski definition) is 3. The van der Waals surface area contributed by atoms with Crippen molar-refractivity contribution >= 4 is 35.2 Å². The van der Waals surface area contributed by atoms with Gasteiger partial charge in [-0.3, -0.25) is 14.9 Å². The number of rotatable bonds is 6. The number of thioether (sulfide) groups is 1. The molecule has 3 saturated heterocycles. The second-order valence-corrected chi connectivity index (χ2v) is 14.4. The molecule has 12 atom stereocenters. The van der Waals surface area contributed by atoms with Crippen LogP contribution in [-0.4, -0.2) is 84.2 Å². The van der Waals surface area contributed by atoms with Gasteiger partial charge in [-0.15, -0.1) is 23.4 Å². The van der Waals surface area contributed by atoms with Crippen molar-refractivity contribution in [3.05, 3.63) is 0 Å². The molecule has 0 aromatic rings. The van der Waals surface area contributed by atoms with Crippen molar-refractivity contribution in [1.82, 2.24) is 20.9 Å². The summed E-state index contributed by atoms with van der Waals surface area (Å²) in [5.41, 5.74) is -0.255. The molecule has 0 bridgehead atoms. The van der Waals surface area contributed by atoms with E-state index in [1.54, 1.807) is 23.8 Å². The summed E-state index contributed by atoms with van der Waals surface area (Å²) in [5, 5.41) is 19.5. The van der Waals surface area contributed by atoms with Gasteiger partial charge >= 0.3 is 0 Å². The summed E-state index contributed by atoms with van der Waals surface area (Å²) < 4.78 is 32.5. The van der Waals surface area contributed by atoms with E-state index < -0.39 is 23.6 Å². The Morgan fingerprint density at radius 1 is 1.12 bits per heavy atom. The fraction of sp³-hybridized carbons (Fsp3) is 0.893. The van der Waals surface area contributed by atoms with E-state index in [0.29, 0.717) is 38.5 Å². The third kappa shape index (κ3) is 6.41. The van der Waals surface area contributed by atoms with Crippen molar-refractivity contribution in [2.24, 2.45) is 35.5 Å². The van der Waals surface area contributed by atoms with Crippen LogP contribution in [0.3, 0.4) is 0 Å². The van der Waals surface area contributed by atoms with E-state index in [4.69, 9.17) is 16.3 Å². The van der Waals surface area contributed by atoms with Crippen LogP contribution in [0, 0.1) is 46.8 Å². The normalized spacial score (nSPS) is 43.8. The van der Waals surface area contributed by atoms with Crippen LogP contribution < -0.4 is 16.0 Å². The van der Waals surface area contributed by atoms with Crippen LogP contribution in [0.2, 0.25) is 0 Å². The fourth-order valence-corrected chi connectivity index (χ4v) is 9.54. The number of carbonyl (C=O) groups is 2. The highest BCUT2D eigenvalue weighted by atomic mass is 35.5. The maximum absolute atomic E-state index is 13.6. The van der Waals surface area contributed by atoms with Crippen molar-refractivity contribution in [2.75, 3.05) is 26.7 Å². The van der Waals surface area contributed by atoms with Gasteiger partial charge in [0, 0.05) is 61.3 Å². The van der Waals surface area contributed by atoms with Crippen LogP contribution in [-0.2, 0) is 14.3 Å². The number of hydrogen-bond acceptors (Lipinski definition) is 7. The molecule has 3 N–H and O–H groups in total. The Morgan fingerprint density at radius 3 is 2.62 bits per heavy atom. The molecule has 2 amide bonds. The van der Waals surface area contributed by atoms with Crippen molar-refractivity contribution < 1.29 is 23.1 Å². The summed E-state index contributed by atoms with van der Waals surface area (Å²) >= 11 is 8.04. The smallest absolute Gasteiger partial charge is 0.241 e. The molecule has 2 saturated carbocycles. The Labute approximate surface area is 245 Å². The third-order valence-corrected chi connectivity index (χ3v) is 11.9. The number of fused-ring (bicyclic) bond motifs is 1. The average molecular weight is 602 g/mol. The first kappa shape index (κ1) is 30.3. The van der Waals surface area contributed by atoms with E-state index in [1.165, 1.54) is 0 Å². The van der Waals surface area contributed by atoms with Gasteiger partial charge in [-0.2, -0.15) is 5.26 Å². The van der Waals surface area contributed by atoms with Crippen LogP contribution in [0.1, 0.15) is 51.9 Å². The number of likely N-dealkylation sites (tertiary alicyclic amines) is 1. The molecule has 8 nitrogen and oxygen atoms in total. The van der Waals surface area contributed by atoms with Crippen LogP contribution in [0.5, 0.6) is 0 Å². The van der Waals surface area contributed by atoms with Crippen molar-refractivity contribution in [3.8, 4) is 6.07 Å². The van der Waals surface area contributed by atoms with E-state index in [-0.39, 0.29) is 64.8 Å². The first-order valence-electron chi connectivity index (χ1n) is 14.8. The van der Waals surface area contributed by atoms with E-state index in [0.717, 1.165) is 25.7 Å². The first-order chi connectivity index (χ1) is 19.2. The van der Waals surface area contributed by atoms with Crippen molar-refractivity contribution in [1.29, 1.82) is 5.26 Å². The van der Waals surface area contributed by atoms with Crippen LogP contribution >= 0.6 is 23.4 Å². The van der Waals surface area contributed by atoms with Crippen LogP contribution in [0.15, 0.2) is 0 Å². The van der Waals surface area contributed by atoms with Crippen molar-refractivity contribution in [3.63, 3.8) is 0 Å². The maximum atomic E-state index is 13.6. The topological polar surface area (TPSA) is 106 Å². The third-order valence-electron chi connectivity index (χ3n) is 10.0. The molecule has 3 aliphatic heterocycles. The first-order valence-corrected chi connectivity index (χ1v) is 16.1. The minimum atomic E-state index is -2.42. The number of nitrogens with one attached hydrogen (secondary N) is 3. The molecule has 12 heteroatoms. The lowest BCUT2D eigenvalue weighted by molar-refractivity contribution is -0.136. The van der Waals surface area contributed by atoms with Gasteiger partial charge < -0.3 is 20.3 Å². The predicted octanol–water partition coefficient (Wildman–Crippen LogP) is 3.16. The van der Waals surface area contributed by atoms with Gasteiger partial charge in [0.1, 0.15) is 5.50 Å². The summed E-state index contributed by atoms with van der Waals surface area (Å²) in [6, 6.07) is 2.76. The molecule has 0 radical (unpaired) electrons. The minimum Gasteiger partial charge on any atom is -0.381 e. The monoisotopic (exact) mass is 601 g/mol. The summed E-state index contributed by atoms with van der Waals surface area (Å²) in [6.45, 7) is 3.74.